The van der Waals surface area contributed by atoms with Crippen LogP contribution in [0, 0.1) is 23.7 Å². The number of fused-ring (bicyclic) bond motifs is 3. The van der Waals surface area contributed by atoms with Gasteiger partial charge >= 0.3 is 0 Å². The Bertz CT molecular complexity index is 796. The zero-order valence-electron chi connectivity index (χ0n) is 18.8. The minimum atomic E-state index is -0.570. The molecule has 0 aromatic heterocycles. The molecule has 0 bridgehead atoms. The minimum Gasteiger partial charge on any atom is -0.489 e. The van der Waals surface area contributed by atoms with Gasteiger partial charge in [-0.1, -0.05) is 37.3 Å². The van der Waals surface area contributed by atoms with Gasteiger partial charge in [0.05, 0.1) is 18.8 Å². The molecule has 31 heavy (non-hydrogen) atoms. The molecule has 170 valence electrons. The molecule has 1 aromatic rings. The van der Waals surface area contributed by atoms with Crippen LogP contribution in [0.3, 0.4) is 0 Å². The third kappa shape index (κ3) is 5.90. The summed E-state index contributed by atoms with van der Waals surface area (Å²) in [7, 11) is 0. The summed E-state index contributed by atoms with van der Waals surface area (Å²) in [6.45, 7) is 5.53. The zero-order valence-corrected chi connectivity index (χ0v) is 18.8. The highest BCUT2D eigenvalue weighted by Gasteiger charge is 2.48. The Morgan fingerprint density at radius 2 is 2.13 bits per heavy atom. The molecule has 0 saturated heterocycles. The number of aliphatic hydroxyl groups excluding tert-OH is 3. The highest BCUT2D eigenvalue weighted by atomic mass is 16.5. The Morgan fingerprint density at radius 3 is 2.90 bits per heavy atom. The lowest BCUT2D eigenvalue weighted by atomic mass is 9.86. The lowest BCUT2D eigenvalue weighted by Gasteiger charge is -2.19. The standard InChI is InChI=1S/C26H37NO4/c1-3-4-8-18(2)22(29)13-12-20-23(30)17-24-25(20)21-11-7-10-19(26(21)31-24)9-5-6-14-27-15-16-28/h7,10-13,18,20,22-25,27-30H,5-6,8-9,14-17H2,1-2H3/b13-12+/t18-,20-,22+,23+,24-,25-/m0/s1. The summed E-state index contributed by atoms with van der Waals surface area (Å²) < 4.78 is 6.34. The van der Waals surface area contributed by atoms with Crippen LogP contribution in [0.5, 0.6) is 5.75 Å². The van der Waals surface area contributed by atoms with Crippen molar-refractivity contribution in [2.24, 2.45) is 11.8 Å². The molecule has 0 spiro atoms. The average molecular weight is 428 g/mol. The molecule has 0 radical (unpaired) electrons. The summed E-state index contributed by atoms with van der Waals surface area (Å²) in [5.41, 5.74) is 2.42. The summed E-state index contributed by atoms with van der Waals surface area (Å²) >= 11 is 0. The molecule has 0 amide bonds. The van der Waals surface area contributed by atoms with E-state index in [0.29, 0.717) is 19.4 Å². The van der Waals surface area contributed by atoms with Crippen molar-refractivity contribution in [2.75, 3.05) is 19.7 Å². The van der Waals surface area contributed by atoms with Crippen molar-refractivity contribution in [1.82, 2.24) is 5.32 Å². The van der Waals surface area contributed by atoms with Gasteiger partial charge in [0.15, 0.2) is 0 Å². The zero-order chi connectivity index (χ0) is 22.2. The molecular weight excluding hydrogens is 390 g/mol. The van der Waals surface area contributed by atoms with Crippen molar-refractivity contribution < 1.29 is 20.1 Å². The summed E-state index contributed by atoms with van der Waals surface area (Å²) in [6, 6.07) is 6.36. The van der Waals surface area contributed by atoms with Gasteiger partial charge in [0.2, 0.25) is 0 Å². The molecule has 5 heteroatoms. The normalized spacial score (nSPS) is 26.1. The Morgan fingerprint density at radius 1 is 1.29 bits per heavy atom. The van der Waals surface area contributed by atoms with E-state index in [0.717, 1.165) is 31.6 Å². The molecule has 1 aromatic carbocycles. The molecule has 1 fully saturated rings. The maximum Gasteiger partial charge on any atom is 0.126 e. The molecule has 3 rings (SSSR count). The SMILES string of the molecule is CC#CC[C@H](C)[C@H](O)/C=C/[C@@H]1[C@H]2c3cccc(CCCCNCCO)c3O[C@H]2C[C@H]1O. The van der Waals surface area contributed by atoms with E-state index in [1.54, 1.807) is 0 Å². The summed E-state index contributed by atoms with van der Waals surface area (Å²) in [4.78, 5) is 0. The average Bonchev–Trinajstić information content (AvgIpc) is 3.27. The van der Waals surface area contributed by atoms with E-state index in [2.05, 4.69) is 35.4 Å². The fourth-order valence-corrected chi connectivity index (χ4v) is 4.75. The molecule has 1 aliphatic carbocycles. The van der Waals surface area contributed by atoms with Crippen LogP contribution in [0.4, 0.5) is 0 Å². The highest BCUT2D eigenvalue weighted by molar-refractivity contribution is 5.49. The van der Waals surface area contributed by atoms with E-state index < -0.39 is 12.2 Å². The highest BCUT2D eigenvalue weighted by Crippen LogP contribution is 2.52. The van der Waals surface area contributed by atoms with Crippen LogP contribution in [0.25, 0.3) is 0 Å². The van der Waals surface area contributed by atoms with Gasteiger partial charge in [0.25, 0.3) is 0 Å². The number of hydrogen-bond donors (Lipinski definition) is 4. The number of nitrogens with one attached hydrogen (secondary N) is 1. The lowest BCUT2D eigenvalue weighted by Crippen LogP contribution is -2.19. The molecular formula is C26H37NO4. The first-order chi connectivity index (χ1) is 15.1. The third-order valence-corrected chi connectivity index (χ3v) is 6.54. The quantitative estimate of drug-likeness (QED) is 0.248. The van der Waals surface area contributed by atoms with Crippen molar-refractivity contribution >= 4 is 0 Å². The number of aliphatic hydroxyl groups is 3. The second-order valence-corrected chi connectivity index (χ2v) is 8.81. The Hall–Kier alpha value is -1.84. The first kappa shape index (κ1) is 23.8. The van der Waals surface area contributed by atoms with E-state index >= 15 is 0 Å². The second kappa shape index (κ2) is 11.7. The smallest absolute Gasteiger partial charge is 0.126 e. The predicted octanol–water partition coefficient (Wildman–Crippen LogP) is 2.78. The fraction of sp³-hybridized carbons (Fsp3) is 0.615. The van der Waals surface area contributed by atoms with Crippen LogP contribution in [-0.4, -0.2) is 53.3 Å². The van der Waals surface area contributed by atoms with Crippen molar-refractivity contribution in [1.29, 1.82) is 0 Å². The molecule has 1 aliphatic heterocycles. The molecule has 6 atom stereocenters. The topological polar surface area (TPSA) is 82.0 Å². The number of aryl methyl sites for hydroxylation is 1. The van der Waals surface area contributed by atoms with Crippen molar-refractivity contribution in [3.05, 3.63) is 41.5 Å². The van der Waals surface area contributed by atoms with Crippen LogP contribution in [0.15, 0.2) is 30.4 Å². The van der Waals surface area contributed by atoms with E-state index in [1.807, 2.05) is 26.0 Å². The van der Waals surface area contributed by atoms with Crippen molar-refractivity contribution in [3.8, 4) is 17.6 Å². The van der Waals surface area contributed by atoms with E-state index in [1.165, 1.54) is 11.1 Å². The monoisotopic (exact) mass is 427 g/mol. The Balaban J connectivity index is 1.65. The lowest BCUT2D eigenvalue weighted by molar-refractivity contribution is 0.134. The van der Waals surface area contributed by atoms with Gasteiger partial charge in [-0.15, -0.1) is 11.8 Å². The van der Waals surface area contributed by atoms with Gasteiger partial charge in [0.1, 0.15) is 11.9 Å². The van der Waals surface area contributed by atoms with Crippen molar-refractivity contribution in [3.63, 3.8) is 0 Å². The minimum absolute atomic E-state index is 0.00690. The van der Waals surface area contributed by atoms with Crippen LogP contribution in [-0.2, 0) is 6.42 Å². The summed E-state index contributed by atoms with van der Waals surface area (Å²) in [5.74, 6) is 7.04. The maximum atomic E-state index is 10.7. The van der Waals surface area contributed by atoms with E-state index in [4.69, 9.17) is 9.84 Å². The number of benzene rings is 1. The molecule has 0 unspecified atom stereocenters. The van der Waals surface area contributed by atoms with Crippen LogP contribution in [0.2, 0.25) is 0 Å². The number of ether oxygens (including phenoxy) is 1. The summed E-state index contributed by atoms with van der Waals surface area (Å²) in [6.07, 6.45) is 7.14. The van der Waals surface area contributed by atoms with Gasteiger partial charge in [0, 0.05) is 36.8 Å². The summed E-state index contributed by atoms with van der Waals surface area (Å²) in [5, 5.41) is 33.2. The maximum absolute atomic E-state index is 10.7. The number of para-hydroxylation sites is 1. The van der Waals surface area contributed by atoms with Crippen LogP contribution >= 0.6 is 0 Å². The molecule has 5 nitrogen and oxygen atoms in total. The first-order valence-electron chi connectivity index (χ1n) is 11.6. The van der Waals surface area contributed by atoms with Gasteiger partial charge < -0.3 is 25.4 Å². The third-order valence-electron chi connectivity index (χ3n) is 6.54. The van der Waals surface area contributed by atoms with Crippen molar-refractivity contribution in [2.45, 2.75) is 70.2 Å². The largest absolute Gasteiger partial charge is 0.489 e. The number of rotatable bonds is 11. The Kier molecular flexibility index (Phi) is 8.98. The molecule has 4 N–H and O–H groups in total. The Labute approximate surface area is 186 Å². The molecule has 1 heterocycles. The van der Waals surface area contributed by atoms with E-state index in [9.17, 15) is 10.2 Å². The van der Waals surface area contributed by atoms with Gasteiger partial charge in [-0.2, -0.15) is 0 Å². The first-order valence-corrected chi connectivity index (χ1v) is 11.6. The molecule has 2 aliphatic rings. The van der Waals surface area contributed by atoms with Gasteiger partial charge in [-0.25, -0.2) is 0 Å². The van der Waals surface area contributed by atoms with Crippen LogP contribution in [0.1, 0.15) is 56.6 Å². The molecule has 1 saturated carbocycles. The number of unbranched alkanes of at least 4 members (excludes halogenated alkanes) is 1. The number of hydrogen-bond acceptors (Lipinski definition) is 5. The fourth-order valence-electron chi connectivity index (χ4n) is 4.75. The van der Waals surface area contributed by atoms with Crippen LogP contribution < -0.4 is 10.1 Å². The van der Waals surface area contributed by atoms with Gasteiger partial charge in [-0.05, 0) is 44.2 Å². The van der Waals surface area contributed by atoms with Gasteiger partial charge in [-0.3, -0.25) is 0 Å². The predicted molar refractivity (Wildman–Crippen MR) is 123 cm³/mol. The van der Waals surface area contributed by atoms with E-state index in [-0.39, 0.29) is 30.5 Å². The second-order valence-electron chi connectivity index (χ2n) is 8.81.